The second-order valence-electron chi connectivity index (χ2n) is 5.94. The van der Waals surface area contributed by atoms with E-state index in [0.717, 1.165) is 11.1 Å². The molecule has 0 aliphatic carbocycles. The molecule has 0 atom stereocenters. The first-order chi connectivity index (χ1) is 12.4. The molecule has 6 nitrogen and oxygen atoms in total. The van der Waals surface area contributed by atoms with Crippen molar-refractivity contribution in [1.82, 2.24) is 10.0 Å². The fourth-order valence-electron chi connectivity index (χ4n) is 2.40. The molecule has 2 aromatic carbocycles. The van der Waals surface area contributed by atoms with E-state index < -0.39 is 10.0 Å². The van der Waals surface area contributed by atoms with Crippen molar-refractivity contribution in [2.24, 2.45) is 0 Å². The van der Waals surface area contributed by atoms with Crippen LogP contribution in [0.4, 0.5) is 0 Å². The predicted octanol–water partition coefficient (Wildman–Crippen LogP) is 2.24. The first-order valence-electron chi connectivity index (χ1n) is 8.35. The van der Waals surface area contributed by atoms with Gasteiger partial charge in [-0.3, -0.25) is 4.79 Å². The van der Waals surface area contributed by atoms with E-state index in [1.165, 1.54) is 24.3 Å². The summed E-state index contributed by atoms with van der Waals surface area (Å²) in [6.07, 6.45) is 0.592. The highest BCUT2D eigenvalue weighted by Crippen LogP contribution is 2.11. The van der Waals surface area contributed by atoms with Gasteiger partial charge in [-0.25, -0.2) is 13.1 Å². The second kappa shape index (κ2) is 9.47. The molecule has 0 aliphatic rings. The average molecular weight is 376 g/mol. The van der Waals surface area contributed by atoms with Crippen molar-refractivity contribution in [1.29, 1.82) is 0 Å². The first kappa shape index (κ1) is 20.1. The Morgan fingerprint density at radius 2 is 1.85 bits per heavy atom. The smallest absolute Gasteiger partial charge is 0.251 e. The molecule has 0 spiro atoms. The number of carbonyl (C=O) groups excluding carboxylic acids is 1. The van der Waals surface area contributed by atoms with Crippen LogP contribution in [0.3, 0.4) is 0 Å². The summed E-state index contributed by atoms with van der Waals surface area (Å²) >= 11 is 0. The van der Waals surface area contributed by atoms with Gasteiger partial charge >= 0.3 is 0 Å². The number of sulfonamides is 1. The largest absolute Gasteiger partial charge is 0.385 e. The molecule has 0 fully saturated rings. The SMILES string of the molecule is COCCCNS(=O)(=O)c1ccc(C(=O)NCc2cccc(C)c2)cc1. The summed E-state index contributed by atoms with van der Waals surface area (Å²) in [7, 11) is -2.01. The van der Waals surface area contributed by atoms with Gasteiger partial charge in [-0.05, 0) is 43.2 Å². The molecular weight excluding hydrogens is 352 g/mol. The maximum absolute atomic E-state index is 12.2. The topological polar surface area (TPSA) is 84.5 Å². The van der Waals surface area contributed by atoms with Crippen LogP contribution >= 0.6 is 0 Å². The molecule has 0 unspecified atom stereocenters. The van der Waals surface area contributed by atoms with Crippen molar-refractivity contribution in [3.05, 3.63) is 65.2 Å². The van der Waals surface area contributed by atoms with Crippen molar-refractivity contribution >= 4 is 15.9 Å². The number of aryl methyl sites for hydroxylation is 1. The van der Waals surface area contributed by atoms with Gasteiger partial charge in [0.05, 0.1) is 4.90 Å². The molecule has 0 aromatic heterocycles. The Hall–Kier alpha value is -2.22. The highest BCUT2D eigenvalue weighted by Gasteiger charge is 2.14. The zero-order valence-electron chi connectivity index (χ0n) is 15.0. The quantitative estimate of drug-likeness (QED) is 0.658. The van der Waals surface area contributed by atoms with Gasteiger partial charge in [0, 0.05) is 32.4 Å². The summed E-state index contributed by atoms with van der Waals surface area (Å²) in [6, 6.07) is 13.8. The molecule has 0 saturated heterocycles. The maximum Gasteiger partial charge on any atom is 0.251 e. The molecule has 0 aliphatic heterocycles. The molecule has 1 amide bonds. The van der Waals surface area contributed by atoms with Crippen molar-refractivity contribution < 1.29 is 17.9 Å². The summed E-state index contributed by atoms with van der Waals surface area (Å²) in [5, 5.41) is 2.83. The van der Waals surface area contributed by atoms with Crippen molar-refractivity contribution in [2.45, 2.75) is 24.8 Å². The number of nitrogens with one attached hydrogen (secondary N) is 2. The normalized spacial score (nSPS) is 11.3. The van der Waals surface area contributed by atoms with Crippen LogP contribution in [0.25, 0.3) is 0 Å². The Kier molecular flexibility index (Phi) is 7.32. The molecule has 0 radical (unpaired) electrons. The molecule has 26 heavy (non-hydrogen) atoms. The van der Waals surface area contributed by atoms with Gasteiger partial charge < -0.3 is 10.1 Å². The molecule has 2 N–H and O–H groups in total. The van der Waals surface area contributed by atoms with Crippen molar-refractivity contribution in [3.63, 3.8) is 0 Å². The highest BCUT2D eigenvalue weighted by molar-refractivity contribution is 7.89. The Balaban J connectivity index is 1.94. The summed E-state index contributed by atoms with van der Waals surface area (Å²) in [4.78, 5) is 12.3. The Bertz CT molecular complexity index is 833. The second-order valence-corrected chi connectivity index (χ2v) is 7.71. The summed E-state index contributed by atoms with van der Waals surface area (Å²) in [5.74, 6) is -0.247. The lowest BCUT2D eigenvalue weighted by atomic mass is 10.1. The van der Waals surface area contributed by atoms with E-state index in [1.54, 1.807) is 7.11 Å². The lowest BCUT2D eigenvalue weighted by Crippen LogP contribution is -2.26. The van der Waals surface area contributed by atoms with Gasteiger partial charge in [0.15, 0.2) is 0 Å². The first-order valence-corrected chi connectivity index (χ1v) is 9.83. The zero-order chi connectivity index (χ0) is 19.0. The van der Waals surface area contributed by atoms with Gasteiger partial charge in [-0.1, -0.05) is 29.8 Å². The number of benzene rings is 2. The molecule has 7 heteroatoms. The van der Waals surface area contributed by atoms with Crippen LogP contribution in [-0.2, 0) is 21.3 Å². The van der Waals surface area contributed by atoms with Crippen LogP contribution in [0.2, 0.25) is 0 Å². The van der Waals surface area contributed by atoms with E-state index >= 15 is 0 Å². The number of amides is 1. The molecule has 0 heterocycles. The van der Waals surface area contributed by atoms with Crippen LogP contribution in [0, 0.1) is 6.92 Å². The number of rotatable bonds is 9. The molecule has 2 aromatic rings. The van der Waals surface area contributed by atoms with Crippen LogP contribution in [0.5, 0.6) is 0 Å². The van der Waals surface area contributed by atoms with E-state index in [1.807, 2.05) is 31.2 Å². The van der Waals surface area contributed by atoms with E-state index in [-0.39, 0.29) is 10.8 Å². The van der Waals surface area contributed by atoms with Crippen LogP contribution < -0.4 is 10.0 Å². The Morgan fingerprint density at radius 1 is 1.12 bits per heavy atom. The maximum atomic E-state index is 12.2. The molecule has 2 rings (SSSR count). The van der Waals surface area contributed by atoms with E-state index in [9.17, 15) is 13.2 Å². The fourth-order valence-corrected chi connectivity index (χ4v) is 3.47. The summed E-state index contributed by atoms with van der Waals surface area (Å²) < 4.78 is 31.7. The van der Waals surface area contributed by atoms with Crippen LogP contribution in [0.15, 0.2) is 53.4 Å². The third-order valence-electron chi connectivity index (χ3n) is 3.78. The van der Waals surface area contributed by atoms with E-state index in [0.29, 0.717) is 31.7 Å². The minimum Gasteiger partial charge on any atom is -0.385 e. The third kappa shape index (κ3) is 5.94. The van der Waals surface area contributed by atoms with Gasteiger partial charge in [-0.2, -0.15) is 0 Å². The Labute approximate surface area is 154 Å². The third-order valence-corrected chi connectivity index (χ3v) is 5.26. The lowest BCUT2D eigenvalue weighted by Gasteiger charge is -2.09. The monoisotopic (exact) mass is 376 g/mol. The predicted molar refractivity (Wildman–Crippen MR) is 100 cm³/mol. The minimum absolute atomic E-state index is 0.130. The average Bonchev–Trinajstić information content (AvgIpc) is 2.63. The van der Waals surface area contributed by atoms with Crippen molar-refractivity contribution in [2.75, 3.05) is 20.3 Å². The van der Waals surface area contributed by atoms with Gasteiger partial charge in [0.25, 0.3) is 5.91 Å². The van der Waals surface area contributed by atoms with Crippen LogP contribution in [-0.4, -0.2) is 34.6 Å². The minimum atomic E-state index is -3.58. The van der Waals surface area contributed by atoms with Crippen LogP contribution in [0.1, 0.15) is 27.9 Å². The van der Waals surface area contributed by atoms with Gasteiger partial charge in [0.2, 0.25) is 10.0 Å². The lowest BCUT2D eigenvalue weighted by molar-refractivity contribution is 0.0951. The van der Waals surface area contributed by atoms with Gasteiger partial charge in [0.1, 0.15) is 0 Å². The molecule has 140 valence electrons. The standard InChI is InChI=1S/C19H24N2O4S/c1-15-5-3-6-16(13-15)14-20-19(22)17-7-9-18(10-8-17)26(23,24)21-11-4-12-25-2/h3,5-10,13,21H,4,11-12,14H2,1-2H3,(H,20,22). The van der Waals surface area contributed by atoms with E-state index in [4.69, 9.17) is 4.74 Å². The summed E-state index contributed by atoms with van der Waals surface area (Å²) in [6.45, 7) is 3.20. The number of ether oxygens (including phenoxy) is 1. The van der Waals surface area contributed by atoms with Crippen molar-refractivity contribution in [3.8, 4) is 0 Å². The number of hydrogen-bond acceptors (Lipinski definition) is 4. The number of hydrogen-bond donors (Lipinski definition) is 2. The number of methoxy groups -OCH3 is 1. The Morgan fingerprint density at radius 3 is 2.50 bits per heavy atom. The van der Waals surface area contributed by atoms with E-state index in [2.05, 4.69) is 10.0 Å². The zero-order valence-corrected chi connectivity index (χ0v) is 15.8. The summed E-state index contributed by atoms with van der Waals surface area (Å²) in [5.41, 5.74) is 2.55. The number of carbonyl (C=O) groups is 1. The molecular formula is C19H24N2O4S. The highest BCUT2D eigenvalue weighted by atomic mass is 32.2. The molecule has 0 bridgehead atoms. The van der Waals surface area contributed by atoms with Gasteiger partial charge in [-0.15, -0.1) is 0 Å². The fraction of sp³-hybridized carbons (Fsp3) is 0.316. The molecule has 0 saturated carbocycles.